The van der Waals surface area contributed by atoms with Gasteiger partial charge in [-0.2, -0.15) is 0 Å². The number of carbonyl (C=O) groups is 1. The summed E-state index contributed by atoms with van der Waals surface area (Å²) in [4.78, 5) is 11.7. The minimum Gasteiger partial charge on any atom is -0.409 e. The molecule has 5 heteroatoms. The number of oxime groups is 1. The minimum absolute atomic E-state index is 0.0119. The molecule has 92 valence electrons. The molecule has 0 aromatic rings. The van der Waals surface area contributed by atoms with Gasteiger partial charge in [-0.25, -0.2) is 0 Å². The van der Waals surface area contributed by atoms with E-state index in [0.717, 1.165) is 12.3 Å². The topological polar surface area (TPSA) is 87.7 Å². The molecule has 0 aromatic carbocycles. The molecule has 0 spiro atoms. The molecule has 0 saturated heterocycles. The van der Waals surface area contributed by atoms with Crippen LogP contribution in [0, 0.1) is 11.8 Å². The van der Waals surface area contributed by atoms with Crippen molar-refractivity contribution in [2.45, 2.75) is 39.0 Å². The zero-order valence-electron chi connectivity index (χ0n) is 9.78. The maximum absolute atomic E-state index is 11.7. The number of amidine groups is 1. The number of rotatable bonds is 7. The average Bonchev–Trinajstić information content (AvgIpc) is 3.09. The fourth-order valence-electron chi connectivity index (χ4n) is 1.73. The Kier molecular flexibility index (Phi) is 5.08. The van der Waals surface area contributed by atoms with Crippen molar-refractivity contribution in [3.8, 4) is 0 Å². The van der Waals surface area contributed by atoms with Crippen molar-refractivity contribution in [2.24, 2.45) is 22.7 Å². The highest BCUT2D eigenvalue weighted by Crippen LogP contribution is 2.33. The summed E-state index contributed by atoms with van der Waals surface area (Å²) in [6.45, 7) is 2.52. The van der Waals surface area contributed by atoms with Gasteiger partial charge in [-0.05, 0) is 25.2 Å². The van der Waals surface area contributed by atoms with Crippen LogP contribution in [-0.4, -0.2) is 23.5 Å². The molecule has 1 aliphatic rings. The van der Waals surface area contributed by atoms with E-state index in [0.29, 0.717) is 13.0 Å². The summed E-state index contributed by atoms with van der Waals surface area (Å²) in [6.07, 6.45) is 5.44. The molecule has 0 bridgehead atoms. The van der Waals surface area contributed by atoms with E-state index in [-0.39, 0.29) is 11.7 Å². The first kappa shape index (κ1) is 12.8. The molecule has 1 unspecified atom stereocenters. The van der Waals surface area contributed by atoms with E-state index in [1.54, 1.807) is 0 Å². The molecule has 1 rings (SSSR count). The van der Waals surface area contributed by atoms with Crippen molar-refractivity contribution in [3.05, 3.63) is 0 Å². The lowest BCUT2D eigenvalue weighted by Crippen LogP contribution is -2.39. The van der Waals surface area contributed by atoms with Gasteiger partial charge in [-0.3, -0.25) is 4.79 Å². The Hall–Kier alpha value is -1.26. The third-order valence-corrected chi connectivity index (χ3v) is 2.98. The highest BCUT2D eigenvalue weighted by atomic mass is 16.4. The Morgan fingerprint density at radius 1 is 1.62 bits per heavy atom. The van der Waals surface area contributed by atoms with Crippen LogP contribution in [0.3, 0.4) is 0 Å². The van der Waals surface area contributed by atoms with Gasteiger partial charge in [0.15, 0.2) is 5.84 Å². The fourth-order valence-corrected chi connectivity index (χ4v) is 1.73. The first-order valence-electron chi connectivity index (χ1n) is 5.94. The largest absolute Gasteiger partial charge is 0.409 e. The van der Waals surface area contributed by atoms with Crippen molar-refractivity contribution in [2.75, 3.05) is 6.54 Å². The van der Waals surface area contributed by atoms with Gasteiger partial charge in [0.25, 0.3) is 0 Å². The van der Waals surface area contributed by atoms with Gasteiger partial charge in [0.1, 0.15) is 0 Å². The number of hydrogen-bond donors (Lipinski definition) is 3. The SMILES string of the molecule is CCC(C(=O)NCCCC1CC1)C(N)=NO. The van der Waals surface area contributed by atoms with E-state index in [1.165, 1.54) is 19.3 Å². The molecule has 0 aliphatic heterocycles. The monoisotopic (exact) mass is 227 g/mol. The van der Waals surface area contributed by atoms with Gasteiger partial charge in [0.05, 0.1) is 5.92 Å². The second-order valence-electron chi connectivity index (χ2n) is 4.36. The maximum Gasteiger partial charge on any atom is 0.230 e. The zero-order chi connectivity index (χ0) is 12.0. The highest BCUT2D eigenvalue weighted by molar-refractivity contribution is 6.01. The lowest BCUT2D eigenvalue weighted by Gasteiger charge is -2.13. The van der Waals surface area contributed by atoms with Crippen LogP contribution < -0.4 is 11.1 Å². The first-order valence-corrected chi connectivity index (χ1v) is 5.94. The molecule has 0 heterocycles. The van der Waals surface area contributed by atoms with Crippen LogP contribution in [-0.2, 0) is 4.79 Å². The summed E-state index contributed by atoms with van der Waals surface area (Å²) in [6, 6.07) is 0. The second kappa shape index (κ2) is 6.35. The Morgan fingerprint density at radius 3 is 2.81 bits per heavy atom. The molecule has 4 N–H and O–H groups in total. The molecule has 1 saturated carbocycles. The van der Waals surface area contributed by atoms with Crippen LogP contribution >= 0.6 is 0 Å². The van der Waals surface area contributed by atoms with Gasteiger partial charge < -0.3 is 16.3 Å². The third-order valence-electron chi connectivity index (χ3n) is 2.98. The number of nitrogens with one attached hydrogen (secondary N) is 1. The van der Waals surface area contributed by atoms with Crippen LogP contribution in [0.1, 0.15) is 39.0 Å². The Morgan fingerprint density at radius 2 is 2.31 bits per heavy atom. The fraction of sp³-hybridized carbons (Fsp3) is 0.818. The standard InChI is InChI=1S/C11H21N3O2/c1-2-9(10(12)14-16)11(15)13-7-3-4-8-5-6-8/h8-9,16H,2-7H2,1H3,(H2,12,14)(H,13,15). The molecule has 1 amide bonds. The van der Waals surface area contributed by atoms with Crippen molar-refractivity contribution in [1.29, 1.82) is 0 Å². The van der Waals surface area contributed by atoms with Crippen molar-refractivity contribution in [1.82, 2.24) is 5.32 Å². The Balaban J connectivity index is 2.20. The third kappa shape index (κ3) is 4.08. The summed E-state index contributed by atoms with van der Waals surface area (Å²) in [7, 11) is 0. The number of carbonyl (C=O) groups excluding carboxylic acids is 1. The summed E-state index contributed by atoms with van der Waals surface area (Å²) in [5, 5.41) is 14.2. The number of nitrogens with two attached hydrogens (primary N) is 1. The van der Waals surface area contributed by atoms with E-state index in [2.05, 4.69) is 10.5 Å². The normalized spacial score (nSPS) is 18.2. The summed E-state index contributed by atoms with van der Waals surface area (Å²) < 4.78 is 0. The van der Waals surface area contributed by atoms with E-state index >= 15 is 0 Å². The first-order chi connectivity index (χ1) is 7.69. The quantitative estimate of drug-likeness (QED) is 0.200. The van der Waals surface area contributed by atoms with E-state index < -0.39 is 5.92 Å². The number of nitrogens with zero attached hydrogens (tertiary/aromatic N) is 1. The Bertz CT molecular complexity index is 262. The summed E-state index contributed by atoms with van der Waals surface area (Å²) in [5.41, 5.74) is 5.43. The van der Waals surface area contributed by atoms with E-state index in [1.807, 2.05) is 6.92 Å². The van der Waals surface area contributed by atoms with Gasteiger partial charge in [0.2, 0.25) is 5.91 Å². The lowest BCUT2D eigenvalue weighted by atomic mass is 10.0. The molecule has 16 heavy (non-hydrogen) atoms. The maximum atomic E-state index is 11.7. The Labute approximate surface area is 96.1 Å². The van der Waals surface area contributed by atoms with Crippen LogP contribution in [0.15, 0.2) is 5.16 Å². The predicted molar refractivity (Wildman–Crippen MR) is 62.2 cm³/mol. The van der Waals surface area contributed by atoms with E-state index in [9.17, 15) is 4.79 Å². The predicted octanol–water partition coefficient (Wildman–Crippen LogP) is 1.07. The van der Waals surface area contributed by atoms with Crippen molar-refractivity contribution in [3.63, 3.8) is 0 Å². The molecular formula is C11H21N3O2. The van der Waals surface area contributed by atoms with Gasteiger partial charge in [-0.15, -0.1) is 0 Å². The number of hydrogen-bond acceptors (Lipinski definition) is 3. The second-order valence-corrected chi connectivity index (χ2v) is 4.36. The zero-order valence-corrected chi connectivity index (χ0v) is 9.78. The van der Waals surface area contributed by atoms with Gasteiger partial charge in [0, 0.05) is 6.54 Å². The van der Waals surface area contributed by atoms with Crippen molar-refractivity contribution < 1.29 is 10.0 Å². The van der Waals surface area contributed by atoms with Gasteiger partial charge >= 0.3 is 0 Å². The van der Waals surface area contributed by atoms with Crippen LogP contribution in [0.5, 0.6) is 0 Å². The molecular weight excluding hydrogens is 206 g/mol. The van der Waals surface area contributed by atoms with Crippen molar-refractivity contribution >= 4 is 11.7 Å². The summed E-state index contributed by atoms with van der Waals surface area (Å²) >= 11 is 0. The average molecular weight is 227 g/mol. The molecule has 1 fully saturated rings. The summed E-state index contributed by atoms with van der Waals surface area (Å²) in [5.74, 6) is 0.227. The highest BCUT2D eigenvalue weighted by Gasteiger charge is 2.22. The van der Waals surface area contributed by atoms with Gasteiger partial charge in [-0.1, -0.05) is 24.9 Å². The minimum atomic E-state index is -0.508. The molecule has 1 atom stereocenters. The molecule has 0 radical (unpaired) electrons. The smallest absolute Gasteiger partial charge is 0.230 e. The van der Waals surface area contributed by atoms with E-state index in [4.69, 9.17) is 10.9 Å². The molecule has 5 nitrogen and oxygen atoms in total. The number of amides is 1. The molecule has 1 aliphatic carbocycles. The molecule has 0 aromatic heterocycles. The van der Waals surface area contributed by atoms with Crippen LogP contribution in [0.2, 0.25) is 0 Å². The lowest BCUT2D eigenvalue weighted by molar-refractivity contribution is -0.123. The van der Waals surface area contributed by atoms with Crippen LogP contribution in [0.25, 0.3) is 0 Å². The van der Waals surface area contributed by atoms with Crippen LogP contribution in [0.4, 0.5) is 0 Å².